The van der Waals surface area contributed by atoms with Gasteiger partial charge in [0.15, 0.2) is 0 Å². The number of non-ortho nitro benzene ring substituents is 1. The van der Waals surface area contributed by atoms with Crippen molar-refractivity contribution in [3.63, 3.8) is 0 Å². The van der Waals surface area contributed by atoms with Crippen LogP contribution in [0.2, 0.25) is 0 Å². The highest BCUT2D eigenvalue weighted by atomic mass is 16.6. The van der Waals surface area contributed by atoms with Gasteiger partial charge in [0.05, 0.1) is 4.92 Å². The van der Waals surface area contributed by atoms with Gasteiger partial charge < -0.3 is 10.6 Å². The number of nitro groups is 1. The van der Waals surface area contributed by atoms with Crippen LogP contribution in [0.5, 0.6) is 0 Å². The van der Waals surface area contributed by atoms with Gasteiger partial charge in [-0.3, -0.25) is 19.7 Å². The lowest BCUT2D eigenvalue weighted by Crippen LogP contribution is -2.33. The number of nitrogens with one attached hydrogen (secondary N) is 2. The van der Waals surface area contributed by atoms with Crippen molar-refractivity contribution in [1.82, 2.24) is 10.6 Å². The standard InChI is InChI=1S/C21H23N3O4/c1-21(2,3)16-10-8-15(9-11-16)19(25)23-18(20(26)22-4)13-14-6-5-7-17(12-14)24(27)28/h5-13H,1-4H3,(H,22,26)(H,23,25)/b18-13-. The van der Waals surface area contributed by atoms with E-state index in [-0.39, 0.29) is 16.8 Å². The molecule has 2 amide bonds. The smallest absolute Gasteiger partial charge is 0.270 e. The number of likely N-dealkylation sites (N-methyl/N-ethyl adjacent to an activating group) is 1. The summed E-state index contributed by atoms with van der Waals surface area (Å²) in [6, 6.07) is 12.9. The van der Waals surface area contributed by atoms with E-state index in [1.807, 2.05) is 12.1 Å². The molecule has 0 radical (unpaired) electrons. The van der Waals surface area contributed by atoms with Gasteiger partial charge >= 0.3 is 0 Å². The number of rotatable bonds is 5. The summed E-state index contributed by atoms with van der Waals surface area (Å²) < 4.78 is 0. The third kappa shape index (κ3) is 5.26. The minimum Gasteiger partial charge on any atom is -0.354 e. The topological polar surface area (TPSA) is 101 Å². The fourth-order valence-electron chi connectivity index (χ4n) is 2.50. The van der Waals surface area contributed by atoms with Crippen molar-refractivity contribution < 1.29 is 14.5 Å². The largest absolute Gasteiger partial charge is 0.354 e. The van der Waals surface area contributed by atoms with Crippen LogP contribution in [0.4, 0.5) is 5.69 Å². The van der Waals surface area contributed by atoms with Crippen molar-refractivity contribution in [1.29, 1.82) is 0 Å². The Balaban J connectivity index is 2.29. The summed E-state index contributed by atoms with van der Waals surface area (Å²) in [5.74, 6) is -0.952. The molecule has 0 aliphatic heterocycles. The minimum absolute atomic E-state index is 0.00658. The molecule has 0 heterocycles. The zero-order valence-corrected chi connectivity index (χ0v) is 16.3. The number of nitro benzene ring substituents is 1. The number of carbonyl (C=O) groups is 2. The van der Waals surface area contributed by atoms with Crippen LogP contribution in [0.25, 0.3) is 6.08 Å². The maximum atomic E-state index is 12.6. The number of nitrogens with zero attached hydrogens (tertiary/aromatic N) is 1. The zero-order chi connectivity index (χ0) is 20.9. The van der Waals surface area contributed by atoms with Gasteiger partial charge in [0.2, 0.25) is 0 Å². The molecule has 0 aliphatic carbocycles. The van der Waals surface area contributed by atoms with Gasteiger partial charge in [0.1, 0.15) is 5.70 Å². The Morgan fingerprint density at radius 1 is 1.07 bits per heavy atom. The van der Waals surface area contributed by atoms with Gasteiger partial charge in [-0.15, -0.1) is 0 Å². The predicted octanol–water partition coefficient (Wildman–Crippen LogP) is 3.41. The summed E-state index contributed by atoms with van der Waals surface area (Å²) in [5, 5.41) is 16.0. The second-order valence-electron chi connectivity index (χ2n) is 7.27. The highest BCUT2D eigenvalue weighted by Gasteiger charge is 2.17. The van der Waals surface area contributed by atoms with E-state index in [1.165, 1.54) is 31.3 Å². The Bertz CT molecular complexity index is 925. The second-order valence-corrected chi connectivity index (χ2v) is 7.27. The molecule has 0 fully saturated rings. The highest BCUT2D eigenvalue weighted by molar-refractivity contribution is 6.05. The van der Waals surface area contributed by atoms with E-state index in [4.69, 9.17) is 0 Å². The lowest BCUT2D eigenvalue weighted by Gasteiger charge is -2.19. The van der Waals surface area contributed by atoms with Crippen molar-refractivity contribution in [3.8, 4) is 0 Å². The van der Waals surface area contributed by atoms with E-state index < -0.39 is 16.7 Å². The molecule has 2 aromatic rings. The van der Waals surface area contributed by atoms with E-state index in [9.17, 15) is 19.7 Å². The van der Waals surface area contributed by atoms with Gasteiger partial charge in [-0.1, -0.05) is 45.0 Å². The van der Waals surface area contributed by atoms with E-state index in [1.54, 1.807) is 18.2 Å². The van der Waals surface area contributed by atoms with E-state index >= 15 is 0 Å². The van der Waals surface area contributed by atoms with Crippen LogP contribution in [0.3, 0.4) is 0 Å². The maximum absolute atomic E-state index is 12.6. The molecule has 0 saturated carbocycles. The van der Waals surface area contributed by atoms with Crippen molar-refractivity contribution >= 4 is 23.6 Å². The molecule has 2 aromatic carbocycles. The van der Waals surface area contributed by atoms with Crippen LogP contribution in [-0.2, 0) is 10.2 Å². The molecule has 146 valence electrons. The fraction of sp³-hybridized carbons (Fsp3) is 0.238. The number of carbonyl (C=O) groups excluding carboxylic acids is 2. The first-order valence-corrected chi connectivity index (χ1v) is 8.72. The van der Waals surface area contributed by atoms with Crippen LogP contribution in [0.1, 0.15) is 42.3 Å². The van der Waals surface area contributed by atoms with Gasteiger partial charge in [-0.2, -0.15) is 0 Å². The van der Waals surface area contributed by atoms with Crippen LogP contribution >= 0.6 is 0 Å². The van der Waals surface area contributed by atoms with Gasteiger partial charge in [-0.05, 0) is 34.8 Å². The van der Waals surface area contributed by atoms with Crippen molar-refractivity contribution in [2.24, 2.45) is 0 Å². The number of amides is 2. The highest BCUT2D eigenvalue weighted by Crippen LogP contribution is 2.22. The van der Waals surface area contributed by atoms with E-state index in [0.717, 1.165) is 5.56 Å². The maximum Gasteiger partial charge on any atom is 0.270 e. The Kier molecular flexibility index (Phi) is 6.30. The summed E-state index contributed by atoms with van der Waals surface area (Å²) in [4.78, 5) is 35.1. The monoisotopic (exact) mass is 381 g/mol. The molecule has 0 unspecified atom stereocenters. The Morgan fingerprint density at radius 2 is 1.71 bits per heavy atom. The molecule has 0 saturated heterocycles. The second kappa shape index (κ2) is 8.47. The molecule has 28 heavy (non-hydrogen) atoms. The average molecular weight is 381 g/mol. The number of hydrogen-bond donors (Lipinski definition) is 2. The molecule has 7 nitrogen and oxygen atoms in total. The first kappa shape index (κ1) is 20.8. The lowest BCUT2D eigenvalue weighted by atomic mass is 9.87. The fourth-order valence-corrected chi connectivity index (χ4v) is 2.50. The zero-order valence-electron chi connectivity index (χ0n) is 16.3. The van der Waals surface area contributed by atoms with Crippen molar-refractivity contribution in [3.05, 3.63) is 81.0 Å². The lowest BCUT2D eigenvalue weighted by molar-refractivity contribution is -0.384. The summed E-state index contributed by atoms with van der Waals surface area (Å²) in [6.45, 7) is 6.23. The number of benzene rings is 2. The summed E-state index contributed by atoms with van der Waals surface area (Å²) in [7, 11) is 1.44. The quantitative estimate of drug-likeness (QED) is 0.471. The van der Waals surface area contributed by atoms with Crippen molar-refractivity contribution in [2.45, 2.75) is 26.2 Å². The Hall–Kier alpha value is -3.48. The third-order valence-electron chi connectivity index (χ3n) is 4.13. The van der Waals surface area contributed by atoms with Crippen LogP contribution in [0.15, 0.2) is 54.2 Å². The van der Waals surface area contributed by atoms with Gasteiger partial charge in [-0.25, -0.2) is 0 Å². The molecule has 2 N–H and O–H groups in total. The molecule has 2 rings (SSSR count). The third-order valence-corrected chi connectivity index (χ3v) is 4.13. The predicted molar refractivity (Wildman–Crippen MR) is 108 cm³/mol. The van der Waals surface area contributed by atoms with E-state index in [2.05, 4.69) is 31.4 Å². The van der Waals surface area contributed by atoms with Crippen LogP contribution in [-0.4, -0.2) is 23.8 Å². The van der Waals surface area contributed by atoms with E-state index in [0.29, 0.717) is 11.1 Å². The Morgan fingerprint density at radius 3 is 2.25 bits per heavy atom. The minimum atomic E-state index is -0.522. The molecular formula is C21H23N3O4. The molecule has 0 bridgehead atoms. The average Bonchev–Trinajstić information content (AvgIpc) is 2.66. The molecule has 7 heteroatoms. The first-order chi connectivity index (χ1) is 13.1. The Labute approximate surface area is 163 Å². The van der Waals surface area contributed by atoms with Gasteiger partial charge in [0, 0.05) is 24.7 Å². The number of hydrogen-bond acceptors (Lipinski definition) is 4. The SMILES string of the molecule is CNC(=O)/C(=C/c1cccc([N+](=O)[O-])c1)NC(=O)c1ccc(C(C)(C)C)cc1. The molecule has 0 aliphatic rings. The molecule has 0 aromatic heterocycles. The summed E-state index contributed by atoms with van der Waals surface area (Å²) in [5.41, 5.74) is 1.77. The van der Waals surface area contributed by atoms with Gasteiger partial charge in [0.25, 0.3) is 17.5 Å². The summed E-state index contributed by atoms with van der Waals surface area (Å²) in [6.07, 6.45) is 1.40. The normalized spacial score (nSPS) is 11.6. The van der Waals surface area contributed by atoms with Crippen LogP contribution in [0, 0.1) is 10.1 Å². The van der Waals surface area contributed by atoms with Crippen molar-refractivity contribution in [2.75, 3.05) is 7.05 Å². The first-order valence-electron chi connectivity index (χ1n) is 8.72. The molecule has 0 atom stereocenters. The molecular weight excluding hydrogens is 358 g/mol. The summed E-state index contributed by atoms with van der Waals surface area (Å²) >= 11 is 0. The molecule has 0 spiro atoms. The van der Waals surface area contributed by atoms with Crippen LogP contribution < -0.4 is 10.6 Å².